The van der Waals surface area contributed by atoms with Gasteiger partial charge in [0, 0.05) is 32.2 Å². The first-order valence-corrected chi connectivity index (χ1v) is 11.4. The van der Waals surface area contributed by atoms with E-state index in [2.05, 4.69) is 23.1 Å². The van der Waals surface area contributed by atoms with Gasteiger partial charge >= 0.3 is 0 Å². The molecule has 1 atom stereocenters. The molecule has 2 aromatic carbocycles. The van der Waals surface area contributed by atoms with E-state index in [1.54, 1.807) is 34.1 Å². The molecule has 1 heterocycles. The van der Waals surface area contributed by atoms with E-state index in [0.29, 0.717) is 24.0 Å². The topological polar surface area (TPSA) is 40.6 Å². The number of hydrogen-bond donors (Lipinski definition) is 0. The minimum Gasteiger partial charge on any atom is -0.296 e. The molecule has 0 fully saturated rings. The summed E-state index contributed by atoms with van der Waals surface area (Å²) in [7, 11) is -3.40. The first kappa shape index (κ1) is 21.3. The minimum absolute atomic E-state index is 0. The minimum atomic E-state index is -3.40. The van der Waals surface area contributed by atoms with Crippen molar-refractivity contribution in [3.63, 3.8) is 0 Å². The number of halogens is 1. The van der Waals surface area contributed by atoms with Crippen LogP contribution in [0, 0.1) is 0 Å². The van der Waals surface area contributed by atoms with E-state index in [1.807, 2.05) is 13.0 Å². The van der Waals surface area contributed by atoms with Crippen LogP contribution in [0.1, 0.15) is 42.5 Å². The summed E-state index contributed by atoms with van der Waals surface area (Å²) in [6.07, 6.45) is 4.35. The first-order chi connectivity index (χ1) is 13.1. The molecule has 0 spiro atoms. The van der Waals surface area contributed by atoms with Crippen LogP contribution in [0.4, 0.5) is 0 Å². The Morgan fingerprint density at radius 1 is 1.04 bits per heavy atom. The fourth-order valence-corrected chi connectivity index (χ4v) is 6.17. The van der Waals surface area contributed by atoms with Crippen LogP contribution in [0.3, 0.4) is 0 Å². The standard InChI is InChI=1S/C22H28N2O2S.ClH/c1-2-24(27(25,26)20-10-4-3-5-11-20)16-7-15-23-17-14-19-9-6-8-18-12-13-21(23)22(18)19;/h3-6,8-11,21H,2,7,12-17H2,1H3;1H. The van der Waals surface area contributed by atoms with Crippen LogP contribution in [-0.4, -0.2) is 43.8 Å². The van der Waals surface area contributed by atoms with Gasteiger partial charge in [0.15, 0.2) is 0 Å². The molecule has 0 radical (unpaired) electrons. The Morgan fingerprint density at radius 3 is 2.46 bits per heavy atom. The Kier molecular flexibility index (Phi) is 6.81. The molecule has 0 aromatic heterocycles. The van der Waals surface area contributed by atoms with Gasteiger partial charge in [0.05, 0.1) is 4.90 Å². The van der Waals surface area contributed by atoms with Crippen LogP contribution < -0.4 is 0 Å². The molecule has 1 aliphatic carbocycles. The number of rotatable bonds is 7. The molecule has 4 nitrogen and oxygen atoms in total. The molecule has 2 aliphatic rings. The maximum absolute atomic E-state index is 12.9. The molecule has 0 bridgehead atoms. The van der Waals surface area contributed by atoms with E-state index in [0.717, 1.165) is 25.9 Å². The molecule has 0 amide bonds. The van der Waals surface area contributed by atoms with E-state index < -0.39 is 10.0 Å². The van der Waals surface area contributed by atoms with Crippen molar-refractivity contribution in [3.05, 3.63) is 65.2 Å². The van der Waals surface area contributed by atoms with Gasteiger partial charge in [-0.3, -0.25) is 4.90 Å². The van der Waals surface area contributed by atoms with Crippen LogP contribution in [-0.2, 0) is 22.9 Å². The van der Waals surface area contributed by atoms with Gasteiger partial charge in [-0.15, -0.1) is 12.4 Å². The third kappa shape index (κ3) is 3.99. The summed E-state index contributed by atoms with van der Waals surface area (Å²) >= 11 is 0. The second-order valence-electron chi connectivity index (χ2n) is 7.49. The number of benzene rings is 2. The predicted octanol–water partition coefficient (Wildman–Crippen LogP) is 4.05. The molecular formula is C22H29ClN2O2S. The van der Waals surface area contributed by atoms with Crippen molar-refractivity contribution in [3.8, 4) is 0 Å². The Labute approximate surface area is 175 Å². The predicted molar refractivity (Wildman–Crippen MR) is 116 cm³/mol. The van der Waals surface area contributed by atoms with Gasteiger partial charge in [0.2, 0.25) is 10.0 Å². The van der Waals surface area contributed by atoms with Crippen molar-refractivity contribution in [2.24, 2.45) is 0 Å². The van der Waals surface area contributed by atoms with Crippen molar-refractivity contribution in [2.45, 2.75) is 43.5 Å². The molecule has 28 heavy (non-hydrogen) atoms. The molecule has 6 heteroatoms. The van der Waals surface area contributed by atoms with E-state index in [4.69, 9.17) is 0 Å². The molecule has 2 aromatic rings. The Balaban J connectivity index is 0.00000225. The highest BCUT2D eigenvalue weighted by atomic mass is 35.5. The number of nitrogens with zero attached hydrogens (tertiary/aromatic N) is 2. The second kappa shape index (κ2) is 8.95. The number of hydrogen-bond acceptors (Lipinski definition) is 3. The van der Waals surface area contributed by atoms with E-state index in [1.165, 1.54) is 24.0 Å². The van der Waals surface area contributed by atoms with E-state index >= 15 is 0 Å². The maximum Gasteiger partial charge on any atom is 0.243 e. The summed E-state index contributed by atoms with van der Waals surface area (Å²) in [4.78, 5) is 2.96. The summed E-state index contributed by atoms with van der Waals surface area (Å²) in [6, 6.07) is 16.0. The molecule has 1 aliphatic heterocycles. The lowest BCUT2D eigenvalue weighted by molar-refractivity contribution is 0.179. The SMILES string of the molecule is CCN(CCCN1CCc2cccc3c2C1CC3)S(=O)(=O)c1ccccc1.Cl. The normalized spacial score (nSPS) is 18.7. The third-order valence-electron chi connectivity index (χ3n) is 6.00. The van der Waals surface area contributed by atoms with Gasteiger partial charge in [0.25, 0.3) is 0 Å². The van der Waals surface area contributed by atoms with Crippen molar-refractivity contribution in [2.75, 3.05) is 26.2 Å². The smallest absolute Gasteiger partial charge is 0.243 e. The summed E-state index contributed by atoms with van der Waals surface area (Å²) in [5.74, 6) is 0. The average Bonchev–Trinajstić information content (AvgIpc) is 3.13. The summed E-state index contributed by atoms with van der Waals surface area (Å²) in [5, 5.41) is 0. The highest BCUT2D eigenvalue weighted by Gasteiger charge is 2.33. The Bertz CT molecular complexity index is 902. The van der Waals surface area contributed by atoms with Crippen molar-refractivity contribution in [1.29, 1.82) is 0 Å². The fraction of sp³-hybridized carbons (Fsp3) is 0.455. The quantitative estimate of drug-likeness (QED) is 0.678. The molecular weight excluding hydrogens is 392 g/mol. The van der Waals surface area contributed by atoms with E-state index in [9.17, 15) is 8.42 Å². The monoisotopic (exact) mass is 420 g/mol. The summed E-state index contributed by atoms with van der Waals surface area (Å²) < 4.78 is 27.3. The number of sulfonamides is 1. The lowest BCUT2D eigenvalue weighted by atomic mass is 9.93. The van der Waals surface area contributed by atoms with Crippen LogP contribution in [0.15, 0.2) is 53.4 Å². The van der Waals surface area contributed by atoms with E-state index in [-0.39, 0.29) is 12.4 Å². The van der Waals surface area contributed by atoms with Gasteiger partial charge in [-0.05, 0) is 54.5 Å². The molecule has 0 saturated carbocycles. The molecule has 1 unspecified atom stereocenters. The fourth-order valence-electron chi connectivity index (χ4n) is 4.66. The first-order valence-electron chi connectivity index (χ1n) is 10.0. The highest BCUT2D eigenvalue weighted by molar-refractivity contribution is 7.89. The lowest BCUT2D eigenvalue weighted by Gasteiger charge is -2.35. The van der Waals surface area contributed by atoms with Crippen molar-refractivity contribution < 1.29 is 8.42 Å². The van der Waals surface area contributed by atoms with Gasteiger partial charge in [-0.1, -0.05) is 43.3 Å². The van der Waals surface area contributed by atoms with Gasteiger partial charge in [0.1, 0.15) is 0 Å². The average molecular weight is 421 g/mol. The van der Waals surface area contributed by atoms with Gasteiger partial charge in [-0.25, -0.2) is 8.42 Å². The van der Waals surface area contributed by atoms with Crippen molar-refractivity contribution >= 4 is 22.4 Å². The lowest BCUT2D eigenvalue weighted by Crippen LogP contribution is -2.38. The zero-order valence-corrected chi connectivity index (χ0v) is 18.0. The highest BCUT2D eigenvalue weighted by Crippen LogP contribution is 2.41. The zero-order valence-electron chi connectivity index (χ0n) is 16.4. The molecule has 152 valence electrons. The van der Waals surface area contributed by atoms with Crippen molar-refractivity contribution in [1.82, 2.24) is 9.21 Å². The summed E-state index contributed by atoms with van der Waals surface area (Å²) in [5.41, 5.74) is 4.60. The zero-order chi connectivity index (χ0) is 18.9. The second-order valence-corrected chi connectivity index (χ2v) is 9.43. The molecule has 4 rings (SSSR count). The van der Waals surface area contributed by atoms with Crippen LogP contribution in [0.25, 0.3) is 0 Å². The Morgan fingerprint density at radius 2 is 1.75 bits per heavy atom. The number of aryl methyl sites for hydroxylation is 1. The van der Waals surface area contributed by atoms with Crippen LogP contribution in [0.2, 0.25) is 0 Å². The summed E-state index contributed by atoms with van der Waals surface area (Å²) in [6.45, 7) is 5.04. The molecule has 0 N–H and O–H groups in total. The van der Waals surface area contributed by atoms with Crippen LogP contribution >= 0.6 is 12.4 Å². The van der Waals surface area contributed by atoms with Gasteiger partial charge in [-0.2, -0.15) is 4.31 Å². The van der Waals surface area contributed by atoms with Crippen LogP contribution in [0.5, 0.6) is 0 Å². The molecule has 0 saturated heterocycles. The Hall–Kier alpha value is -1.40. The largest absolute Gasteiger partial charge is 0.296 e. The third-order valence-corrected chi connectivity index (χ3v) is 7.99. The van der Waals surface area contributed by atoms with Gasteiger partial charge < -0.3 is 0 Å². The maximum atomic E-state index is 12.9.